The van der Waals surface area contributed by atoms with Gasteiger partial charge in [0.2, 0.25) is 0 Å². The molecule has 1 aromatic carbocycles. The molecule has 1 N–H and O–H groups in total. The Hall–Kier alpha value is -0.820. The summed E-state index contributed by atoms with van der Waals surface area (Å²) in [6.45, 7) is 12.6. The van der Waals surface area contributed by atoms with E-state index in [1.165, 1.54) is 36.9 Å². The van der Waals surface area contributed by atoms with Gasteiger partial charge in [0.05, 0.1) is 0 Å². The summed E-state index contributed by atoms with van der Waals surface area (Å²) in [5.74, 6) is 2.41. The highest BCUT2D eigenvalue weighted by Gasteiger charge is 2.30. The van der Waals surface area contributed by atoms with Gasteiger partial charge in [0.25, 0.3) is 0 Å². The summed E-state index contributed by atoms with van der Waals surface area (Å²) in [6.07, 6.45) is 4.12. The molecule has 3 unspecified atom stereocenters. The second-order valence-electron chi connectivity index (χ2n) is 7.21. The molecule has 1 nitrogen and oxygen atoms in total. The lowest BCUT2D eigenvalue weighted by Gasteiger charge is -2.36. The quantitative estimate of drug-likeness (QED) is 0.829. The molecule has 2 rings (SSSR count). The molecular weight excluding hydrogens is 242 g/mol. The molecule has 20 heavy (non-hydrogen) atoms. The minimum absolute atomic E-state index is 0.592. The third-order valence-corrected chi connectivity index (χ3v) is 4.87. The van der Waals surface area contributed by atoms with Crippen LogP contribution in [0.5, 0.6) is 0 Å². The first-order valence-electron chi connectivity index (χ1n) is 8.28. The molecule has 0 aromatic heterocycles. The van der Waals surface area contributed by atoms with Crippen LogP contribution in [0, 0.1) is 25.7 Å². The molecule has 0 amide bonds. The highest BCUT2D eigenvalue weighted by atomic mass is 14.9. The Labute approximate surface area is 125 Å². The summed E-state index contributed by atoms with van der Waals surface area (Å²) < 4.78 is 0. The molecule has 0 heterocycles. The van der Waals surface area contributed by atoms with Gasteiger partial charge in [0.15, 0.2) is 0 Å². The van der Waals surface area contributed by atoms with E-state index in [0.717, 1.165) is 17.8 Å². The average Bonchev–Trinajstić information content (AvgIpc) is 2.37. The molecule has 0 saturated heterocycles. The van der Waals surface area contributed by atoms with Crippen molar-refractivity contribution in [1.82, 2.24) is 5.32 Å². The van der Waals surface area contributed by atoms with E-state index in [4.69, 9.17) is 0 Å². The second kappa shape index (κ2) is 6.76. The number of nitrogens with one attached hydrogen (secondary N) is 1. The number of rotatable bonds is 4. The normalized spacial score (nSPS) is 27.0. The van der Waals surface area contributed by atoms with E-state index in [1.807, 2.05) is 0 Å². The number of hydrogen-bond donors (Lipinski definition) is 1. The van der Waals surface area contributed by atoms with E-state index >= 15 is 0 Å². The van der Waals surface area contributed by atoms with E-state index in [-0.39, 0.29) is 0 Å². The van der Waals surface area contributed by atoms with E-state index in [1.54, 1.807) is 5.56 Å². The van der Waals surface area contributed by atoms with Crippen LogP contribution in [0.2, 0.25) is 0 Å². The number of benzene rings is 1. The average molecular weight is 273 g/mol. The van der Waals surface area contributed by atoms with Gasteiger partial charge in [0.1, 0.15) is 0 Å². The van der Waals surface area contributed by atoms with E-state index in [9.17, 15) is 0 Å². The summed E-state index contributed by atoms with van der Waals surface area (Å²) in [5, 5.41) is 3.66. The van der Waals surface area contributed by atoms with Gasteiger partial charge in [-0.2, -0.15) is 0 Å². The zero-order valence-corrected chi connectivity index (χ0v) is 13.9. The van der Waals surface area contributed by atoms with Crippen molar-refractivity contribution in [2.45, 2.75) is 65.8 Å². The van der Waals surface area contributed by atoms with Gasteiger partial charge in [0, 0.05) is 6.04 Å². The first kappa shape index (κ1) is 15.6. The van der Waals surface area contributed by atoms with Crippen molar-refractivity contribution in [3.05, 3.63) is 34.9 Å². The fraction of sp³-hybridized carbons (Fsp3) is 0.684. The van der Waals surface area contributed by atoms with Gasteiger partial charge in [-0.3, -0.25) is 0 Å². The predicted octanol–water partition coefficient (Wildman–Crippen LogP) is 4.82. The van der Waals surface area contributed by atoms with Crippen LogP contribution in [-0.2, 0) is 0 Å². The Morgan fingerprint density at radius 3 is 2.60 bits per heavy atom. The van der Waals surface area contributed by atoms with Gasteiger partial charge in [-0.05, 0) is 62.1 Å². The van der Waals surface area contributed by atoms with Crippen molar-refractivity contribution in [2.24, 2.45) is 11.8 Å². The van der Waals surface area contributed by atoms with Crippen LogP contribution in [0.1, 0.15) is 62.6 Å². The molecule has 1 heteroatoms. The smallest absolute Gasteiger partial charge is 0.00104 e. The molecule has 112 valence electrons. The first-order chi connectivity index (χ1) is 9.47. The minimum atomic E-state index is 0.592. The molecule has 1 aliphatic carbocycles. The maximum atomic E-state index is 3.66. The Morgan fingerprint density at radius 1 is 1.20 bits per heavy atom. The first-order valence-corrected chi connectivity index (χ1v) is 8.28. The highest BCUT2D eigenvalue weighted by molar-refractivity contribution is 5.34. The molecular formula is C19H31N. The lowest BCUT2D eigenvalue weighted by molar-refractivity contribution is 0.237. The second-order valence-corrected chi connectivity index (χ2v) is 7.21. The Balaban J connectivity index is 2.18. The molecule has 0 bridgehead atoms. The van der Waals surface area contributed by atoms with Crippen LogP contribution in [0.15, 0.2) is 18.2 Å². The summed E-state index contributed by atoms with van der Waals surface area (Å²) >= 11 is 0. The summed E-state index contributed by atoms with van der Waals surface area (Å²) in [6, 6.07) is 7.61. The molecule has 0 aliphatic heterocycles. The summed E-state index contributed by atoms with van der Waals surface area (Å²) in [4.78, 5) is 0. The zero-order valence-electron chi connectivity index (χ0n) is 13.9. The SMILES string of the molecule is Cc1ccc(C2CC(C)CCC2CNC(C)C)c(C)c1. The lowest BCUT2D eigenvalue weighted by atomic mass is 9.70. The van der Waals surface area contributed by atoms with Crippen molar-refractivity contribution < 1.29 is 0 Å². The Kier molecular flexibility index (Phi) is 5.26. The molecule has 0 spiro atoms. The third-order valence-electron chi connectivity index (χ3n) is 4.87. The Morgan fingerprint density at radius 2 is 1.95 bits per heavy atom. The lowest BCUT2D eigenvalue weighted by Crippen LogP contribution is -2.35. The number of aryl methyl sites for hydroxylation is 2. The van der Waals surface area contributed by atoms with Gasteiger partial charge < -0.3 is 5.32 Å². The standard InChI is InChI=1S/C19H31N/c1-13(2)20-12-17-8-6-15(4)11-19(17)18-9-7-14(3)10-16(18)5/h7,9-10,13,15,17,19-20H,6,8,11-12H2,1-5H3. The maximum absolute atomic E-state index is 3.66. The molecule has 1 aromatic rings. The highest BCUT2D eigenvalue weighted by Crippen LogP contribution is 2.41. The Bertz CT molecular complexity index is 435. The van der Waals surface area contributed by atoms with Crippen LogP contribution in [0.3, 0.4) is 0 Å². The maximum Gasteiger partial charge on any atom is 0.00104 e. The van der Waals surface area contributed by atoms with Crippen LogP contribution >= 0.6 is 0 Å². The van der Waals surface area contributed by atoms with E-state index in [2.05, 4.69) is 58.1 Å². The number of hydrogen-bond acceptors (Lipinski definition) is 1. The van der Waals surface area contributed by atoms with Gasteiger partial charge in [-0.25, -0.2) is 0 Å². The van der Waals surface area contributed by atoms with Crippen molar-refractivity contribution >= 4 is 0 Å². The molecule has 1 saturated carbocycles. The monoisotopic (exact) mass is 273 g/mol. The van der Waals surface area contributed by atoms with Gasteiger partial charge in [-0.15, -0.1) is 0 Å². The fourth-order valence-corrected chi connectivity index (χ4v) is 3.70. The topological polar surface area (TPSA) is 12.0 Å². The van der Waals surface area contributed by atoms with Crippen molar-refractivity contribution in [3.8, 4) is 0 Å². The minimum Gasteiger partial charge on any atom is -0.314 e. The summed E-state index contributed by atoms with van der Waals surface area (Å²) in [7, 11) is 0. The van der Waals surface area contributed by atoms with E-state index in [0.29, 0.717) is 6.04 Å². The molecule has 1 fully saturated rings. The third kappa shape index (κ3) is 3.85. The fourth-order valence-electron chi connectivity index (χ4n) is 3.70. The van der Waals surface area contributed by atoms with Crippen molar-refractivity contribution in [2.75, 3.05) is 6.54 Å². The predicted molar refractivity (Wildman–Crippen MR) is 88.3 cm³/mol. The molecule has 0 radical (unpaired) electrons. The largest absolute Gasteiger partial charge is 0.314 e. The summed E-state index contributed by atoms with van der Waals surface area (Å²) in [5.41, 5.74) is 4.46. The zero-order chi connectivity index (χ0) is 14.7. The van der Waals surface area contributed by atoms with Crippen LogP contribution in [0.4, 0.5) is 0 Å². The van der Waals surface area contributed by atoms with E-state index < -0.39 is 0 Å². The van der Waals surface area contributed by atoms with Crippen LogP contribution in [0.25, 0.3) is 0 Å². The van der Waals surface area contributed by atoms with Crippen molar-refractivity contribution in [1.29, 1.82) is 0 Å². The van der Waals surface area contributed by atoms with Crippen LogP contribution in [-0.4, -0.2) is 12.6 Å². The van der Waals surface area contributed by atoms with Crippen LogP contribution < -0.4 is 5.32 Å². The molecule has 1 aliphatic rings. The van der Waals surface area contributed by atoms with Gasteiger partial charge >= 0.3 is 0 Å². The molecule has 3 atom stereocenters. The van der Waals surface area contributed by atoms with Crippen molar-refractivity contribution in [3.63, 3.8) is 0 Å². The van der Waals surface area contributed by atoms with Gasteiger partial charge in [-0.1, -0.05) is 51.0 Å².